The van der Waals surface area contributed by atoms with Gasteiger partial charge in [-0.05, 0) is 31.5 Å². The maximum atomic E-state index is 12.6. The number of urea groups is 1. The summed E-state index contributed by atoms with van der Waals surface area (Å²) < 4.78 is 5.04. The number of hydrogen-bond acceptors (Lipinski definition) is 5. The normalized spacial score (nSPS) is 11.3. The highest BCUT2D eigenvalue weighted by molar-refractivity contribution is 5.98. The van der Waals surface area contributed by atoms with Crippen LogP contribution in [0.2, 0.25) is 0 Å². The molecule has 0 bridgehead atoms. The molecule has 4 amide bonds. The van der Waals surface area contributed by atoms with E-state index in [4.69, 9.17) is 4.74 Å². The number of rotatable bonds is 8. The van der Waals surface area contributed by atoms with Crippen LogP contribution in [0.1, 0.15) is 29.8 Å². The lowest BCUT2D eigenvalue weighted by atomic mass is 10.1. The highest BCUT2D eigenvalue weighted by Crippen LogP contribution is 2.07. The lowest BCUT2D eigenvalue weighted by Gasteiger charge is -2.18. The molecule has 158 valence electrons. The zero-order valence-corrected chi connectivity index (χ0v) is 16.9. The number of carbonyl (C=O) groups is 4. The molecular weight excluding hydrogens is 386 g/mol. The van der Waals surface area contributed by atoms with Crippen molar-refractivity contribution in [3.8, 4) is 0 Å². The van der Waals surface area contributed by atoms with Crippen molar-refractivity contribution in [2.75, 3.05) is 6.61 Å². The van der Waals surface area contributed by atoms with Crippen molar-refractivity contribution in [2.45, 2.75) is 32.4 Å². The summed E-state index contributed by atoms with van der Waals surface area (Å²) in [5.41, 5.74) is 1.21. The van der Waals surface area contributed by atoms with Crippen LogP contribution in [-0.2, 0) is 20.7 Å². The third-order valence-corrected chi connectivity index (χ3v) is 3.93. The Balaban J connectivity index is 2.00. The molecule has 30 heavy (non-hydrogen) atoms. The van der Waals surface area contributed by atoms with Crippen LogP contribution >= 0.6 is 0 Å². The second-order valence-electron chi connectivity index (χ2n) is 6.87. The van der Waals surface area contributed by atoms with E-state index in [1.165, 1.54) is 0 Å². The largest absolute Gasteiger partial charge is 0.454 e. The highest BCUT2D eigenvalue weighted by Gasteiger charge is 2.24. The Morgan fingerprint density at radius 1 is 0.867 bits per heavy atom. The number of nitrogens with one attached hydrogen (secondary N) is 3. The fraction of sp³-hybridized carbons (Fsp3) is 0.273. The number of carbonyl (C=O) groups excluding carboxylic acids is 4. The topological polar surface area (TPSA) is 114 Å². The van der Waals surface area contributed by atoms with Crippen molar-refractivity contribution in [1.82, 2.24) is 16.0 Å². The molecule has 1 atom stereocenters. The van der Waals surface area contributed by atoms with Crippen molar-refractivity contribution in [2.24, 2.45) is 0 Å². The third kappa shape index (κ3) is 7.75. The second kappa shape index (κ2) is 11.4. The van der Waals surface area contributed by atoms with Gasteiger partial charge in [0.25, 0.3) is 11.8 Å². The lowest BCUT2D eigenvalue weighted by Crippen LogP contribution is -2.46. The number of amides is 4. The predicted molar refractivity (Wildman–Crippen MR) is 111 cm³/mol. The van der Waals surface area contributed by atoms with E-state index in [9.17, 15) is 19.2 Å². The summed E-state index contributed by atoms with van der Waals surface area (Å²) in [4.78, 5) is 48.4. The van der Waals surface area contributed by atoms with E-state index < -0.39 is 36.5 Å². The fourth-order valence-corrected chi connectivity index (χ4v) is 2.57. The Morgan fingerprint density at radius 2 is 1.47 bits per heavy atom. The molecule has 0 aliphatic heterocycles. The van der Waals surface area contributed by atoms with Gasteiger partial charge in [0.05, 0.1) is 0 Å². The first kappa shape index (κ1) is 22.6. The van der Waals surface area contributed by atoms with Gasteiger partial charge in [0.2, 0.25) is 0 Å². The van der Waals surface area contributed by atoms with Crippen molar-refractivity contribution in [1.29, 1.82) is 0 Å². The zero-order chi connectivity index (χ0) is 21.9. The number of ether oxygens (including phenoxy) is 1. The van der Waals surface area contributed by atoms with E-state index in [1.807, 2.05) is 30.3 Å². The molecular formula is C22H25N3O5. The van der Waals surface area contributed by atoms with Gasteiger partial charge in [0, 0.05) is 18.0 Å². The maximum Gasteiger partial charge on any atom is 0.329 e. The Kier molecular flexibility index (Phi) is 8.56. The molecule has 0 fully saturated rings. The Morgan fingerprint density at radius 3 is 2.07 bits per heavy atom. The summed E-state index contributed by atoms with van der Waals surface area (Å²) in [5.74, 6) is -1.98. The molecule has 0 aliphatic rings. The molecule has 0 aliphatic carbocycles. The van der Waals surface area contributed by atoms with E-state index in [1.54, 1.807) is 44.2 Å². The Labute approximate surface area is 175 Å². The summed E-state index contributed by atoms with van der Waals surface area (Å²) in [5, 5.41) is 7.21. The number of hydrogen-bond donors (Lipinski definition) is 3. The summed E-state index contributed by atoms with van der Waals surface area (Å²) in [6.45, 7) is 2.85. The van der Waals surface area contributed by atoms with Crippen molar-refractivity contribution in [3.63, 3.8) is 0 Å². The van der Waals surface area contributed by atoms with Crippen molar-refractivity contribution in [3.05, 3.63) is 71.8 Å². The fourth-order valence-electron chi connectivity index (χ4n) is 2.57. The first-order chi connectivity index (χ1) is 14.3. The zero-order valence-electron chi connectivity index (χ0n) is 16.9. The molecule has 0 saturated heterocycles. The average molecular weight is 411 g/mol. The van der Waals surface area contributed by atoms with Crippen LogP contribution < -0.4 is 16.0 Å². The molecule has 0 aromatic heterocycles. The summed E-state index contributed by atoms with van der Waals surface area (Å²) in [7, 11) is 0. The summed E-state index contributed by atoms with van der Waals surface area (Å²) >= 11 is 0. The van der Waals surface area contributed by atoms with E-state index in [2.05, 4.69) is 16.0 Å². The maximum absolute atomic E-state index is 12.6. The Bertz CT molecular complexity index is 869. The SMILES string of the molecule is CC(C)NC(=O)NC(=O)COC(=O)[C@@H](Cc1ccccc1)NC(=O)c1ccccc1. The molecule has 0 saturated carbocycles. The molecule has 0 unspecified atom stereocenters. The minimum absolute atomic E-state index is 0.149. The van der Waals surface area contributed by atoms with Gasteiger partial charge in [-0.25, -0.2) is 9.59 Å². The van der Waals surface area contributed by atoms with Gasteiger partial charge >= 0.3 is 12.0 Å². The molecule has 2 aromatic rings. The van der Waals surface area contributed by atoms with Gasteiger partial charge in [-0.15, -0.1) is 0 Å². The Hall–Kier alpha value is -3.68. The van der Waals surface area contributed by atoms with Crippen LogP contribution in [-0.4, -0.2) is 42.5 Å². The van der Waals surface area contributed by atoms with Gasteiger partial charge in [-0.3, -0.25) is 14.9 Å². The molecule has 0 radical (unpaired) electrons. The van der Waals surface area contributed by atoms with Crippen molar-refractivity contribution >= 4 is 23.8 Å². The van der Waals surface area contributed by atoms with Gasteiger partial charge < -0.3 is 15.4 Å². The van der Waals surface area contributed by atoms with Crippen LogP contribution in [0.15, 0.2) is 60.7 Å². The van der Waals surface area contributed by atoms with Crippen LogP contribution in [0.3, 0.4) is 0 Å². The molecule has 3 N–H and O–H groups in total. The highest BCUT2D eigenvalue weighted by atomic mass is 16.5. The van der Waals surface area contributed by atoms with E-state index >= 15 is 0 Å². The number of imide groups is 1. The minimum atomic E-state index is -1.00. The van der Waals surface area contributed by atoms with Crippen molar-refractivity contribution < 1.29 is 23.9 Å². The molecule has 2 aromatic carbocycles. The molecule has 8 heteroatoms. The summed E-state index contributed by atoms with van der Waals surface area (Å²) in [6.07, 6.45) is 0.188. The molecule has 2 rings (SSSR count). The van der Waals surface area contributed by atoms with Crippen LogP contribution in [0, 0.1) is 0 Å². The summed E-state index contributed by atoms with van der Waals surface area (Å²) in [6, 6.07) is 15.7. The quantitative estimate of drug-likeness (QED) is 0.573. The van der Waals surface area contributed by atoms with Gasteiger partial charge in [-0.2, -0.15) is 0 Å². The van der Waals surface area contributed by atoms with E-state index in [0.29, 0.717) is 5.56 Å². The molecule has 0 heterocycles. The third-order valence-electron chi connectivity index (χ3n) is 3.93. The number of esters is 1. The lowest BCUT2D eigenvalue weighted by molar-refractivity contribution is -0.150. The first-order valence-electron chi connectivity index (χ1n) is 9.52. The average Bonchev–Trinajstić information content (AvgIpc) is 2.72. The van der Waals surface area contributed by atoms with Gasteiger partial charge in [0.15, 0.2) is 6.61 Å². The monoisotopic (exact) mass is 411 g/mol. The van der Waals surface area contributed by atoms with Crippen LogP contribution in [0.4, 0.5) is 4.79 Å². The molecule has 8 nitrogen and oxygen atoms in total. The van der Waals surface area contributed by atoms with Crippen LogP contribution in [0.25, 0.3) is 0 Å². The second-order valence-corrected chi connectivity index (χ2v) is 6.87. The smallest absolute Gasteiger partial charge is 0.329 e. The van der Waals surface area contributed by atoms with Gasteiger partial charge in [-0.1, -0.05) is 48.5 Å². The first-order valence-corrected chi connectivity index (χ1v) is 9.52. The van der Waals surface area contributed by atoms with E-state index in [0.717, 1.165) is 5.56 Å². The van der Waals surface area contributed by atoms with Gasteiger partial charge in [0.1, 0.15) is 6.04 Å². The predicted octanol–water partition coefficient (Wildman–Crippen LogP) is 1.81. The molecule has 0 spiro atoms. The van der Waals surface area contributed by atoms with E-state index in [-0.39, 0.29) is 12.5 Å². The van der Waals surface area contributed by atoms with Crippen LogP contribution in [0.5, 0.6) is 0 Å². The minimum Gasteiger partial charge on any atom is -0.454 e. The number of benzene rings is 2. The standard InChI is InChI=1S/C22H25N3O5/c1-15(2)23-22(29)25-19(26)14-30-21(28)18(13-16-9-5-3-6-10-16)24-20(27)17-11-7-4-8-12-17/h3-12,15,18H,13-14H2,1-2H3,(H,24,27)(H2,23,25,26,29)/t18-/m1/s1.